The normalized spacial score (nSPS) is 14.8. The number of halogens is 1. The van der Waals surface area contributed by atoms with E-state index in [0.717, 1.165) is 48.4 Å². The molecule has 0 saturated carbocycles. The molecule has 0 radical (unpaired) electrons. The van der Waals surface area contributed by atoms with E-state index >= 15 is 4.39 Å². The third-order valence-corrected chi connectivity index (χ3v) is 7.21. The first-order valence-electron chi connectivity index (χ1n) is 13.5. The highest BCUT2D eigenvalue weighted by molar-refractivity contribution is 5.94. The van der Waals surface area contributed by atoms with E-state index in [0.29, 0.717) is 11.1 Å². The minimum absolute atomic E-state index is 0.0500. The second-order valence-electron chi connectivity index (χ2n) is 10.5. The molecule has 1 heterocycles. The molecule has 5 heteroatoms. The molecule has 0 N–H and O–H groups in total. The summed E-state index contributed by atoms with van der Waals surface area (Å²) < 4.78 is 21.0. The van der Waals surface area contributed by atoms with Gasteiger partial charge in [-0.05, 0) is 125 Å². The smallest absolute Gasteiger partial charge is 0.254 e. The first-order chi connectivity index (χ1) is 18.2. The van der Waals surface area contributed by atoms with Gasteiger partial charge in [-0.25, -0.2) is 4.39 Å². The van der Waals surface area contributed by atoms with Crippen molar-refractivity contribution >= 4 is 12.0 Å². The number of hydrogen-bond donors (Lipinski definition) is 0. The summed E-state index contributed by atoms with van der Waals surface area (Å²) in [5, 5.41) is 0. The molecule has 0 aromatic heterocycles. The van der Waals surface area contributed by atoms with Crippen LogP contribution >= 0.6 is 0 Å². The zero-order valence-electron chi connectivity index (χ0n) is 23.2. The quantitative estimate of drug-likeness (QED) is 0.315. The van der Waals surface area contributed by atoms with Crippen LogP contribution in [0.15, 0.2) is 66.7 Å². The van der Waals surface area contributed by atoms with Gasteiger partial charge in [0.05, 0.1) is 6.10 Å². The van der Waals surface area contributed by atoms with E-state index in [1.54, 1.807) is 0 Å². The highest BCUT2D eigenvalue weighted by atomic mass is 19.1. The molecular weight excluding hydrogens is 475 g/mol. The Morgan fingerprint density at radius 2 is 1.71 bits per heavy atom. The molecule has 3 aromatic rings. The molecule has 4 nitrogen and oxygen atoms in total. The summed E-state index contributed by atoms with van der Waals surface area (Å²) >= 11 is 0. The maximum Gasteiger partial charge on any atom is 0.254 e. The van der Waals surface area contributed by atoms with Crippen molar-refractivity contribution < 1.29 is 13.9 Å². The fraction of sp³-hybridized carbons (Fsp3) is 0.364. The van der Waals surface area contributed by atoms with Crippen LogP contribution in [0, 0.1) is 12.7 Å². The maximum atomic E-state index is 15.2. The average molecular weight is 515 g/mol. The standard InChI is InChI=1S/C33H39FN2O2/c1-6-7-26-20-27(9-8-24(26)4)28-12-15-32(34)29(21-28)22-36(30-16-18-35(5)19-17-30)33(37)25-10-13-31(14-11-25)38-23(2)3/h6-15,20-21,23,30H,16-19,22H2,1-5H3/b7-6-. The number of aryl methyl sites for hydroxylation is 1. The third-order valence-electron chi connectivity index (χ3n) is 7.21. The molecule has 1 saturated heterocycles. The Morgan fingerprint density at radius 1 is 1.05 bits per heavy atom. The molecule has 0 bridgehead atoms. The lowest BCUT2D eigenvalue weighted by atomic mass is 9.97. The van der Waals surface area contributed by atoms with Crippen molar-refractivity contribution in [3.05, 3.63) is 94.8 Å². The van der Waals surface area contributed by atoms with Crippen molar-refractivity contribution in [3.63, 3.8) is 0 Å². The van der Waals surface area contributed by atoms with E-state index in [1.165, 1.54) is 11.6 Å². The lowest BCUT2D eigenvalue weighted by Gasteiger charge is -2.37. The van der Waals surface area contributed by atoms with Crippen LogP contribution in [0.2, 0.25) is 0 Å². The van der Waals surface area contributed by atoms with Gasteiger partial charge in [-0.1, -0.05) is 30.4 Å². The van der Waals surface area contributed by atoms with Crippen LogP contribution in [-0.4, -0.2) is 48.0 Å². The number of carbonyl (C=O) groups is 1. The second kappa shape index (κ2) is 12.4. The van der Waals surface area contributed by atoms with Crippen LogP contribution in [0.5, 0.6) is 5.75 Å². The lowest BCUT2D eigenvalue weighted by molar-refractivity contribution is 0.0567. The Morgan fingerprint density at radius 3 is 2.37 bits per heavy atom. The molecular formula is C33H39FN2O2. The van der Waals surface area contributed by atoms with Crippen molar-refractivity contribution in [3.8, 4) is 16.9 Å². The summed E-state index contributed by atoms with van der Waals surface area (Å²) in [5.74, 6) is 0.364. The van der Waals surface area contributed by atoms with Gasteiger partial charge in [-0.15, -0.1) is 0 Å². The summed E-state index contributed by atoms with van der Waals surface area (Å²) in [6, 6.07) is 18.9. The van der Waals surface area contributed by atoms with Gasteiger partial charge in [0.1, 0.15) is 11.6 Å². The van der Waals surface area contributed by atoms with Gasteiger partial charge in [0.2, 0.25) is 0 Å². The summed E-state index contributed by atoms with van der Waals surface area (Å²) in [5.41, 5.74) is 5.43. The summed E-state index contributed by atoms with van der Waals surface area (Å²) in [6.45, 7) is 10.1. The molecule has 4 rings (SSSR count). The number of benzene rings is 3. The molecule has 0 unspecified atom stereocenters. The third kappa shape index (κ3) is 6.70. The first kappa shape index (κ1) is 27.6. The van der Waals surface area contributed by atoms with Gasteiger partial charge in [0.15, 0.2) is 0 Å². The Hall–Kier alpha value is -3.44. The number of amides is 1. The highest BCUT2D eigenvalue weighted by Crippen LogP contribution is 2.28. The number of nitrogens with zero attached hydrogens (tertiary/aromatic N) is 2. The molecule has 0 aliphatic carbocycles. The van der Waals surface area contributed by atoms with Crippen LogP contribution in [0.3, 0.4) is 0 Å². The van der Waals surface area contributed by atoms with E-state index in [4.69, 9.17) is 4.74 Å². The SMILES string of the molecule is C/C=C\c1cc(-c2ccc(F)c(CN(C(=O)c3ccc(OC(C)C)cc3)C3CCN(C)CC3)c2)ccc1C. The molecule has 1 amide bonds. The number of carbonyl (C=O) groups excluding carboxylic acids is 1. The Bertz CT molecular complexity index is 1270. The minimum atomic E-state index is -0.291. The van der Waals surface area contributed by atoms with E-state index in [-0.39, 0.29) is 30.4 Å². The number of hydrogen-bond acceptors (Lipinski definition) is 3. The van der Waals surface area contributed by atoms with Crippen LogP contribution in [-0.2, 0) is 6.54 Å². The molecule has 0 spiro atoms. The Labute approximate surface area is 226 Å². The highest BCUT2D eigenvalue weighted by Gasteiger charge is 2.29. The molecule has 1 fully saturated rings. The minimum Gasteiger partial charge on any atom is -0.491 e. The van der Waals surface area contributed by atoms with Crippen molar-refractivity contribution in [2.75, 3.05) is 20.1 Å². The van der Waals surface area contributed by atoms with Gasteiger partial charge in [0, 0.05) is 23.7 Å². The van der Waals surface area contributed by atoms with Gasteiger partial charge in [-0.2, -0.15) is 0 Å². The van der Waals surface area contributed by atoms with Gasteiger partial charge < -0.3 is 14.5 Å². The van der Waals surface area contributed by atoms with Crippen LogP contribution in [0.4, 0.5) is 4.39 Å². The van der Waals surface area contributed by atoms with E-state index < -0.39 is 0 Å². The predicted molar refractivity (Wildman–Crippen MR) is 154 cm³/mol. The Balaban J connectivity index is 1.65. The Kier molecular flexibility index (Phi) is 9.01. The van der Waals surface area contributed by atoms with Crippen LogP contribution in [0.1, 0.15) is 60.7 Å². The second-order valence-corrected chi connectivity index (χ2v) is 10.5. The summed E-state index contributed by atoms with van der Waals surface area (Å²) in [7, 11) is 2.10. The molecule has 1 aliphatic heterocycles. The largest absolute Gasteiger partial charge is 0.491 e. The number of allylic oxidation sites excluding steroid dienone is 1. The number of likely N-dealkylation sites (tertiary alicyclic amines) is 1. The van der Waals surface area contributed by atoms with Crippen LogP contribution in [0.25, 0.3) is 17.2 Å². The molecule has 3 aromatic carbocycles. The molecule has 38 heavy (non-hydrogen) atoms. The van der Waals surface area contributed by atoms with Crippen molar-refractivity contribution in [1.82, 2.24) is 9.80 Å². The topological polar surface area (TPSA) is 32.8 Å². The average Bonchev–Trinajstić information content (AvgIpc) is 2.90. The number of piperidine rings is 1. The van der Waals surface area contributed by atoms with Crippen molar-refractivity contribution in [2.24, 2.45) is 0 Å². The first-order valence-corrected chi connectivity index (χ1v) is 13.5. The predicted octanol–water partition coefficient (Wildman–Crippen LogP) is 7.36. The van der Waals surface area contributed by atoms with Crippen molar-refractivity contribution in [1.29, 1.82) is 0 Å². The maximum absolute atomic E-state index is 15.2. The van der Waals surface area contributed by atoms with Gasteiger partial charge in [-0.3, -0.25) is 4.79 Å². The summed E-state index contributed by atoms with van der Waals surface area (Å²) in [4.78, 5) is 18.0. The van der Waals surface area contributed by atoms with Gasteiger partial charge >= 0.3 is 0 Å². The monoisotopic (exact) mass is 514 g/mol. The fourth-order valence-corrected chi connectivity index (χ4v) is 5.03. The van der Waals surface area contributed by atoms with E-state index in [9.17, 15) is 4.79 Å². The molecule has 1 aliphatic rings. The van der Waals surface area contributed by atoms with Gasteiger partial charge in [0.25, 0.3) is 5.91 Å². The zero-order chi connectivity index (χ0) is 27.2. The zero-order valence-corrected chi connectivity index (χ0v) is 23.2. The molecule has 0 atom stereocenters. The van der Waals surface area contributed by atoms with Crippen LogP contribution < -0.4 is 4.74 Å². The number of rotatable bonds is 8. The van der Waals surface area contributed by atoms with Crippen molar-refractivity contribution in [2.45, 2.75) is 59.2 Å². The van der Waals surface area contributed by atoms with E-state index in [1.807, 2.05) is 68.1 Å². The molecule has 200 valence electrons. The van der Waals surface area contributed by atoms with E-state index in [2.05, 4.69) is 43.1 Å². The summed E-state index contributed by atoms with van der Waals surface area (Å²) in [6.07, 6.45) is 5.90. The number of ether oxygens (including phenoxy) is 1. The fourth-order valence-electron chi connectivity index (χ4n) is 5.03. The lowest BCUT2D eigenvalue weighted by Crippen LogP contribution is -2.46.